The van der Waals surface area contributed by atoms with Gasteiger partial charge in [0, 0.05) is 5.56 Å². The van der Waals surface area contributed by atoms with E-state index >= 15 is 0 Å². The molecule has 2 rings (SSSR count). The average Bonchev–Trinajstić information content (AvgIpc) is 2.38. The molecule has 1 heterocycles. The van der Waals surface area contributed by atoms with E-state index in [9.17, 15) is 0 Å². The topological polar surface area (TPSA) is 25.8 Å². The highest BCUT2D eigenvalue weighted by Gasteiger charge is 2.12. The van der Waals surface area contributed by atoms with Crippen molar-refractivity contribution in [3.8, 4) is 11.4 Å². The van der Waals surface area contributed by atoms with Crippen LogP contribution in [0.5, 0.6) is 0 Å². The molecule has 19 heavy (non-hydrogen) atoms. The normalized spacial score (nSPS) is 10.8. The summed E-state index contributed by atoms with van der Waals surface area (Å²) in [5.74, 6) is 0.694. The summed E-state index contributed by atoms with van der Waals surface area (Å²) >= 11 is 9.63. The fourth-order valence-corrected chi connectivity index (χ4v) is 2.44. The minimum atomic E-state index is 0.478. The van der Waals surface area contributed by atoms with Gasteiger partial charge < -0.3 is 0 Å². The van der Waals surface area contributed by atoms with E-state index in [0.717, 1.165) is 28.6 Å². The number of nitrogens with zero attached hydrogens (tertiary/aromatic N) is 2. The summed E-state index contributed by atoms with van der Waals surface area (Å²) in [6.45, 7) is 6.31. The summed E-state index contributed by atoms with van der Waals surface area (Å²) < 4.78 is 0.809. The molecule has 0 aliphatic carbocycles. The largest absolute Gasteiger partial charge is 0.232 e. The van der Waals surface area contributed by atoms with Gasteiger partial charge in [-0.25, -0.2) is 9.97 Å². The van der Waals surface area contributed by atoms with E-state index in [1.807, 2.05) is 6.07 Å². The van der Waals surface area contributed by atoms with E-state index < -0.39 is 0 Å². The Morgan fingerprint density at radius 1 is 1.16 bits per heavy atom. The molecule has 0 spiro atoms. The summed E-state index contributed by atoms with van der Waals surface area (Å²) in [6.07, 6.45) is 1.92. The van der Waals surface area contributed by atoms with Gasteiger partial charge in [0.1, 0.15) is 5.15 Å². The van der Waals surface area contributed by atoms with E-state index in [1.54, 1.807) is 0 Å². The first kappa shape index (κ1) is 14.5. The molecule has 0 aliphatic heterocycles. The highest BCUT2D eigenvalue weighted by molar-refractivity contribution is 9.10. The number of hydrogen-bond donors (Lipinski definition) is 0. The quantitative estimate of drug-likeness (QED) is 0.725. The Hall–Kier alpha value is -0.930. The van der Waals surface area contributed by atoms with Gasteiger partial charge in [-0.05, 0) is 53.4 Å². The molecule has 2 aromatic rings. The first-order chi connectivity index (χ1) is 9.02. The second-order valence-electron chi connectivity index (χ2n) is 4.65. The van der Waals surface area contributed by atoms with Crippen molar-refractivity contribution >= 4 is 27.5 Å². The number of aryl methyl sites for hydroxylation is 3. The van der Waals surface area contributed by atoms with Crippen molar-refractivity contribution in [3.63, 3.8) is 0 Å². The van der Waals surface area contributed by atoms with Gasteiger partial charge in [0.15, 0.2) is 5.82 Å². The third-order valence-corrected chi connectivity index (χ3v) is 4.47. The first-order valence-electron chi connectivity index (χ1n) is 6.32. The van der Waals surface area contributed by atoms with Gasteiger partial charge in [-0.2, -0.15) is 0 Å². The molecule has 100 valence electrons. The third-order valence-electron chi connectivity index (χ3n) is 3.13. The lowest BCUT2D eigenvalue weighted by atomic mass is 10.1. The lowest BCUT2D eigenvalue weighted by molar-refractivity contribution is 0.868. The highest BCUT2D eigenvalue weighted by Crippen LogP contribution is 2.28. The van der Waals surface area contributed by atoms with Crippen molar-refractivity contribution in [2.75, 3.05) is 0 Å². The molecule has 0 N–H and O–H groups in total. The molecule has 0 aliphatic rings. The SMILES string of the molecule is CCCc1nc(-c2ccc(C)c(C)c2)nc(Cl)c1Br. The third kappa shape index (κ3) is 3.15. The van der Waals surface area contributed by atoms with Crippen molar-refractivity contribution in [1.29, 1.82) is 0 Å². The predicted octanol–water partition coefficient (Wildman–Crippen LogP) is 5.13. The molecule has 0 atom stereocenters. The van der Waals surface area contributed by atoms with Crippen molar-refractivity contribution < 1.29 is 0 Å². The Kier molecular flexibility index (Phi) is 4.58. The van der Waals surface area contributed by atoms with E-state index in [0.29, 0.717) is 11.0 Å². The fourth-order valence-electron chi connectivity index (χ4n) is 1.88. The van der Waals surface area contributed by atoms with Gasteiger partial charge in [-0.3, -0.25) is 0 Å². The Balaban J connectivity index is 2.52. The molecule has 4 heteroatoms. The van der Waals surface area contributed by atoms with Crippen LogP contribution in [0.15, 0.2) is 22.7 Å². The van der Waals surface area contributed by atoms with Crippen LogP contribution in [-0.4, -0.2) is 9.97 Å². The zero-order valence-corrected chi connectivity index (χ0v) is 13.6. The van der Waals surface area contributed by atoms with Crippen LogP contribution in [0.25, 0.3) is 11.4 Å². The molecule has 0 radical (unpaired) electrons. The van der Waals surface area contributed by atoms with Gasteiger partial charge in [0.05, 0.1) is 10.2 Å². The second kappa shape index (κ2) is 6.02. The summed E-state index contributed by atoms with van der Waals surface area (Å²) in [5.41, 5.74) is 4.48. The van der Waals surface area contributed by atoms with Crippen molar-refractivity contribution in [1.82, 2.24) is 9.97 Å². The number of aromatic nitrogens is 2. The molecule has 0 fully saturated rings. The number of rotatable bonds is 3. The molecule has 1 aromatic heterocycles. The molecular weight excluding hydrogens is 324 g/mol. The standard InChI is InChI=1S/C15H16BrClN2/c1-4-5-12-13(16)14(17)19-15(18-12)11-7-6-9(2)10(3)8-11/h6-8H,4-5H2,1-3H3. The van der Waals surface area contributed by atoms with Crippen LogP contribution >= 0.6 is 27.5 Å². The lowest BCUT2D eigenvalue weighted by Crippen LogP contribution is -1.99. The van der Waals surface area contributed by atoms with Crippen LogP contribution in [0.3, 0.4) is 0 Å². The Labute approximate surface area is 127 Å². The predicted molar refractivity (Wildman–Crippen MR) is 83.6 cm³/mol. The van der Waals surface area contributed by atoms with Gasteiger partial charge in [-0.15, -0.1) is 0 Å². The summed E-state index contributed by atoms with van der Waals surface area (Å²) in [4.78, 5) is 8.99. The van der Waals surface area contributed by atoms with Crippen LogP contribution in [0.2, 0.25) is 5.15 Å². The maximum absolute atomic E-state index is 6.18. The van der Waals surface area contributed by atoms with E-state index in [4.69, 9.17) is 11.6 Å². The van der Waals surface area contributed by atoms with Crippen LogP contribution in [0.4, 0.5) is 0 Å². The van der Waals surface area contributed by atoms with Gasteiger partial charge in [-0.1, -0.05) is 37.1 Å². The molecule has 1 aromatic carbocycles. The van der Waals surface area contributed by atoms with E-state index in [-0.39, 0.29) is 0 Å². The Morgan fingerprint density at radius 3 is 2.53 bits per heavy atom. The van der Waals surface area contributed by atoms with Crippen molar-refractivity contribution in [2.24, 2.45) is 0 Å². The van der Waals surface area contributed by atoms with Gasteiger partial charge in [0.25, 0.3) is 0 Å². The molecule has 0 bridgehead atoms. The second-order valence-corrected chi connectivity index (χ2v) is 5.80. The van der Waals surface area contributed by atoms with E-state index in [2.05, 4.69) is 58.8 Å². The summed E-state index contributed by atoms with van der Waals surface area (Å²) in [6, 6.07) is 6.23. The fraction of sp³-hybridized carbons (Fsp3) is 0.333. The monoisotopic (exact) mass is 338 g/mol. The van der Waals surface area contributed by atoms with Crippen molar-refractivity contribution in [2.45, 2.75) is 33.6 Å². The molecule has 2 nitrogen and oxygen atoms in total. The summed E-state index contributed by atoms with van der Waals surface area (Å²) in [5, 5.41) is 0.478. The maximum atomic E-state index is 6.18. The molecule has 0 unspecified atom stereocenters. The van der Waals surface area contributed by atoms with Crippen LogP contribution in [0, 0.1) is 13.8 Å². The zero-order chi connectivity index (χ0) is 14.0. The average molecular weight is 340 g/mol. The number of halogens is 2. The maximum Gasteiger partial charge on any atom is 0.161 e. The van der Waals surface area contributed by atoms with E-state index in [1.165, 1.54) is 11.1 Å². The minimum absolute atomic E-state index is 0.478. The molecule has 0 saturated heterocycles. The number of hydrogen-bond acceptors (Lipinski definition) is 2. The van der Waals surface area contributed by atoms with Crippen LogP contribution in [-0.2, 0) is 6.42 Å². The van der Waals surface area contributed by atoms with Crippen LogP contribution < -0.4 is 0 Å². The highest BCUT2D eigenvalue weighted by atomic mass is 79.9. The number of benzene rings is 1. The lowest BCUT2D eigenvalue weighted by Gasteiger charge is -2.09. The van der Waals surface area contributed by atoms with Crippen molar-refractivity contribution in [3.05, 3.63) is 44.6 Å². The van der Waals surface area contributed by atoms with Gasteiger partial charge in [0.2, 0.25) is 0 Å². The Morgan fingerprint density at radius 2 is 1.89 bits per heavy atom. The van der Waals surface area contributed by atoms with Gasteiger partial charge >= 0.3 is 0 Å². The molecule has 0 amide bonds. The summed E-state index contributed by atoms with van der Waals surface area (Å²) in [7, 11) is 0. The minimum Gasteiger partial charge on any atom is -0.232 e. The molecule has 0 saturated carbocycles. The smallest absolute Gasteiger partial charge is 0.161 e. The Bertz CT molecular complexity index is 611. The van der Waals surface area contributed by atoms with Crippen LogP contribution in [0.1, 0.15) is 30.2 Å². The molecular formula is C15H16BrClN2. The zero-order valence-electron chi connectivity index (χ0n) is 11.3. The first-order valence-corrected chi connectivity index (χ1v) is 7.49.